The maximum Gasteiger partial charge on any atom is 0.287 e. The van der Waals surface area contributed by atoms with Crippen LogP contribution in [0.15, 0.2) is 35.3 Å². The number of hydrogen-bond donors (Lipinski definition) is 2. The predicted octanol–water partition coefficient (Wildman–Crippen LogP) is 2.63. The SMILES string of the molecule is CCCn1ncc(Nc2cccc(N)c2)c(Cl)c1=O. The first kappa shape index (κ1) is 13.4. The van der Waals surface area contributed by atoms with Crippen molar-refractivity contribution in [1.82, 2.24) is 9.78 Å². The molecule has 0 fully saturated rings. The molecule has 0 aliphatic carbocycles. The Balaban J connectivity index is 2.31. The van der Waals surface area contributed by atoms with Crippen molar-refractivity contribution >= 4 is 28.7 Å². The lowest BCUT2D eigenvalue weighted by molar-refractivity contribution is 0.569. The number of aromatic nitrogens is 2. The lowest BCUT2D eigenvalue weighted by atomic mass is 10.3. The number of aryl methyl sites for hydroxylation is 1. The van der Waals surface area contributed by atoms with E-state index in [0.717, 1.165) is 12.1 Å². The first-order chi connectivity index (χ1) is 9.11. The van der Waals surface area contributed by atoms with Gasteiger partial charge in [-0.2, -0.15) is 5.10 Å². The average Bonchev–Trinajstić information content (AvgIpc) is 2.39. The van der Waals surface area contributed by atoms with Gasteiger partial charge in [-0.15, -0.1) is 0 Å². The van der Waals surface area contributed by atoms with Gasteiger partial charge in [0.15, 0.2) is 0 Å². The van der Waals surface area contributed by atoms with Crippen LogP contribution in [0.25, 0.3) is 0 Å². The first-order valence-corrected chi connectivity index (χ1v) is 6.37. The molecule has 0 atom stereocenters. The highest BCUT2D eigenvalue weighted by atomic mass is 35.5. The molecule has 0 bridgehead atoms. The molecule has 0 saturated heterocycles. The average molecular weight is 279 g/mol. The van der Waals surface area contributed by atoms with E-state index in [2.05, 4.69) is 10.4 Å². The van der Waals surface area contributed by atoms with Gasteiger partial charge >= 0.3 is 0 Å². The summed E-state index contributed by atoms with van der Waals surface area (Å²) in [6.45, 7) is 2.53. The summed E-state index contributed by atoms with van der Waals surface area (Å²) in [5.74, 6) is 0. The highest BCUT2D eigenvalue weighted by Gasteiger charge is 2.09. The number of nitrogens with zero attached hydrogens (tertiary/aromatic N) is 2. The summed E-state index contributed by atoms with van der Waals surface area (Å²) in [4.78, 5) is 11.9. The van der Waals surface area contributed by atoms with Crippen LogP contribution in [0.4, 0.5) is 17.1 Å². The number of hydrogen-bond acceptors (Lipinski definition) is 4. The summed E-state index contributed by atoms with van der Waals surface area (Å²) in [6, 6.07) is 7.19. The van der Waals surface area contributed by atoms with E-state index in [-0.39, 0.29) is 10.6 Å². The molecule has 0 aliphatic rings. The highest BCUT2D eigenvalue weighted by Crippen LogP contribution is 2.22. The summed E-state index contributed by atoms with van der Waals surface area (Å²) >= 11 is 6.06. The number of nitrogens with one attached hydrogen (secondary N) is 1. The van der Waals surface area contributed by atoms with E-state index >= 15 is 0 Å². The van der Waals surface area contributed by atoms with Gasteiger partial charge in [0.1, 0.15) is 5.02 Å². The zero-order valence-corrected chi connectivity index (χ0v) is 11.3. The second-order valence-electron chi connectivity index (χ2n) is 4.15. The van der Waals surface area contributed by atoms with Gasteiger partial charge in [-0.25, -0.2) is 4.68 Å². The van der Waals surface area contributed by atoms with Gasteiger partial charge in [-0.1, -0.05) is 24.6 Å². The molecule has 100 valence electrons. The second kappa shape index (κ2) is 5.75. The Bertz CT molecular complexity index is 639. The Morgan fingerprint density at radius 1 is 1.47 bits per heavy atom. The smallest absolute Gasteiger partial charge is 0.287 e. The van der Waals surface area contributed by atoms with Gasteiger partial charge < -0.3 is 11.1 Å². The zero-order valence-electron chi connectivity index (χ0n) is 10.6. The Morgan fingerprint density at radius 3 is 2.95 bits per heavy atom. The summed E-state index contributed by atoms with van der Waals surface area (Å²) in [5.41, 5.74) is 7.27. The van der Waals surface area contributed by atoms with Crippen LogP contribution in [0.3, 0.4) is 0 Å². The van der Waals surface area contributed by atoms with Gasteiger partial charge in [-0.05, 0) is 24.6 Å². The van der Waals surface area contributed by atoms with Gasteiger partial charge in [0, 0.05) is 17.9 Å². The van der Waals surface area contributed by atoms with E-state index in [0.29, 0.717) is 17.9 Å². The number of nitrogens with two attached hydrogens (primary N) is 1. The largest absolute Gasteiger partial charge is 0.399 e. The molecule has 6 heteroatoms. The number of halogens is 1. The van der Waals surface area contributed by atoms with Crippen LogP contribution in [0, 0.1) is 0 Å². The van der Waals surface area contributed by atoms with Crippen molar-refractivity contribution in [2.75, 3.05) is 11.1 Å². The van der Waals surface area contributed by atoms with Crippen LogP contribution in [-0.2, 0) is 6.54 Å². The first-order valence-electron chi connectivity index (χ1n) is 6.00. The minimum Gasteiger partial charge on any atom is -0.399 e. The van der Waals surface area contributed by atoms with Crippen LogP contribution in [0.5, 0.6) is 0 Å². The van der Waals surface area contributed by atoms with Gasteiger partial charge in [-0.3, -0.25) is 4.79 Å². The molecule has 0 unspecified atom stereocenters. The molecule has 0 aliphatic heterocycles. The molecule has 5 nitrogen and oxygen atoms in total. The molecule has 0 amide bonds. The Labute approximate surface area is 116 Å². The number of anilines is 3. The normalized spacial score (nSPS) is 10.4. The number of rotatable bonds is 4. The number of benzene rings is 1. The van der Waals surface area contributed by atoms with E-state index in [4.69, 9.17) is 17.3 Å². The van der Waals surface area contributed by atoms with Crippen molar-refractivity contribution in [2.45, 2.75) is 19.9 Å². The van der Waals surface area contributed by atoms with Crippen molar-refractivity contribution in [1.29, 1.82) is 0 Å². The molecule has 19 heavy (non-hydrogen) atoms. The molecule has 1 aromatic carbocycles. The van der Waals surface area contributed by atoms with Crippen molar-refractivity contribution in [3.05, 3.63) is 45.8 Å². The highest BCUT2D eigenvalue weighted by molar-refractivity contribution is 6.33. The third-order valence-electron chi connectivity index (χ3n) is 2.59. The fraction of sp³-hybridized carbons (Fsp3) is 0.231. The maximum atomic E-state index is 11.9. The molecular formula is C13H15ClN4O. The van der Waals surface area contributed by atoms with Crippen LogP contribution in [0.2, 0.25) is 5.02 Å². The van der Waals surface area contributed by atoms with Gasteiger partial charge in [0.25, 0.3) is 5.56 Å². The third-order valence-corrected chi connectivity index (χ3v) is 2.95. The van der Waals surface area contributed by atoms with E-state index in [1.54, 1.807) is 18.3 Å². The van der Waals surface area contributed by atoms with Crippen molar-refractivity contribution in [3.63, 3.8) is 0 Å². The van der Waals surface area contributed by atoms with Crippen LogP contribution in [0.1, 0.15) is 13.3 Å². The molecule has 0 radical (unpaired) electrons. The molecule has 1 heterocycles. The minimum atomic E-state index is -0.294. The molecule has 2 aromatic rings. The van der Waals surface area contributed by atoms with Crippen LogP contribution >= 0.6 is 11.6 Å². The monoisotopic (exact) mass is 278 g/mol. The van der Waals surface area contributed by atoms with Gasteiger partial charge in [0.2, 0.25) is 0 Å². The summed E-state index contributed by atoms with van der Waals surface area (Å²) in [7, 11) is 0. The molecule has 1 aromatic heterocycles. The van der Waals surface area contributed by atoms with Crippen molar-refractivity contribution < 1.29 is 0 Å². The van der Waals surface area contributed by atoms with E-state index < -0.39 is 0 Å². The summed E-state index contributed by atoms with van der Waals surface area (Å²) in [6.07, 6.45) is 2.37. The maximum absolute atomic E-state index is 11.9. The van der Waals surface area contributed by atoms with Crippen molar-refractivity contribution in [3.8, 4) is 0 Å². The quantitative estimate of drug-likeness (QED) is 0.843. The molecule has 2 rings (SSSR count). The number of nitrogen functional groups attached to an aromatic ring is 1. The topological polar surface area (TPSA) is 72.9 Å². The molecule has 3 N–H and O–H groups in total. The van der Waals surface area contributed by atoms with Crippen LogP contribution in [-0.4, -0.2) is 9.78 Å². The summed E-state index contributed by atoms with van der Waals surface area (Å²) in [5, 5.41) is 7.24. The second-order valence-corrected chi connectivity index (χ2v) is 4.53. The Morgan fingerprint density at radius 2 is 2.26 bits per heavy atom. The fourth-order valence-corrected chi connectivity index (χ4v) is 1.89. The van der Waals surface area contributed by atoms with E-state index in [1.807, 2.05) is 19.1 Å². The molecule has 0 spiro atoms. The zero-order chi connectivity index (χ0) is 13.8. The fourth-order valence-electron chi connectivity index (χ4n) is 1.70. The predicted molar refractivity (Wildman–Crippen MR) is 77.9 cm³/mol. The lowest BCUT2D eigenvalue weighted by Gasteiger charge is -2.10. The standard InChI is InChI=1S/C13H15ClN4O/c1-2-6-18-13(19)12(14)11(8-16-18)17-10-5-3-4-9(15)7-10/h3-5,7-8,17H,2,6,15H2,1H3. The third kappa shape index (κ3) is 3.06. The van der Waals surface area contributed by atoms with Crippen molar-refractivity contribution in [2.24, 2.45) is 0 Å². The molecular weight excluding hydrogens is 264 g/mol. The molecule has 0 saturated carbocycles. The minimum absolute atomic E-state index is 0.130. The van der Waals surface area contributed by atoms with Crippen LogP contribution < -0.4 is 16.6 Å². The Hall–Kier alpha value is -2.01. The Kier molecular flexibility index (Phi) is 4.06. The van der Waals surface area contributed by atoms with E-state index in [1.165, 1.54) is 4.68 Å². The summed E-state index contributed by atoms with van der Waals surface area (Å²) < 4.78 is 1.35. The van der Waals surface area contributed by atoms with E-state index in [9.17, 15) is 4.79 Å². The van der Waals surface area contributed by atoms with Gasteiger partial charge in [0.05, 0.1) is 11.9 Å². The lowest BCUT2D eigenvalue weighted by Crippen LogP contribution is -2.23.